The van der Waals surface area contributed by atoms with E-state index in [0.29, 0.717) is 19.6 Å². The summed E-state index contributed by atoms with van der Waals surface area (Å²) in [4.78, 5) is 12.6. The molecule has 3 heteroatoms. The number of nitrogens with zero attached hydrogens (tertiary/aromatic N) is 1. The fraction of sp³-hybridized carbons (Fsp3) is 0.625. The molecule has 0 N–H and O–H groups in total. The third-order valence-corrected chi connectivity index (χ3v) is 1.74. The van der Waals surface area contributed by atoms with Crippen LogP contribution in [0.25, 0.3) is 0 Å². The summed E-state index contributed by atoms with van der Waals surface area (Å²) >= 11 is 0. The van der Waals surface area contributed by atoms with Crippen LogP contribution in [0.1, 0.15) is 13.3 Å². The normalized spacial score (nSPS) is 19.3. The molecule has 1 unspecified atom stereocenters. The first-order valence-electron chi connectivity index (χ1n) is 3.62. The van der Waals surface area contributed by atoms with E-state index in [9.17, 15) is 4.79 Å². The largest absolute Gasteiger partial charge is 0.448 e. The van der Waals surface area contributed by atoms with E-state index in [1.165, 1.54) is 0 Å². The SMILES string of the molecule is C#CCC(C)N1CCOC1=O. The highest BCUT2D eigenvalue weighted by molar-refractivity contribution is 5.69. The van der Waals surface area contributed by atoms with Crippen molar-refractivity contribution in [2.45, 2.75) is 19.4 Å². The minimum atomic E-state index is -0.243. The zero-order valence-electron chi connectivity index (χ0n) is 6.54. The molecule has 0 aromatic carbocycles. The Balaban J connectivity index is 2.47. The standard InChI is InChI=1S/C8H11NO2/c1-3-4-7(2)9-5-6-11-8(9)10/h1,7H,4-6H2,2H3. The average Bonchev–Trinajstić information content (AvgIpc) is 2.36. The van der Waals surface area contributed by atoms with Gasteiger partial charge in [0.2, 0.25) is 0 Å². The van der Waals surface area contributed by atoms with Crippen molar-refractivity contribution >= 4 is 6.09 Å². The molecular weight excluding hydrogens is 142 g/mol. The number of cyclic esters (lactones) is 1. The first-order chi connectivity index (χ1) is 5.25. The van der Waals surface area contributed by atoms with Gasteiger partial charge in [0.1, 0.15) is 6.61 Å². The van der Waals surface area contributed by atoms with Crippen molar-refractivity contribution in [2.24, 2.45) is 0 Å². The minimum Gasteiger partial charge on any atom is -0.448 e. The zero-order valence-corrected chi connectivity index (χ0v) is 6.54. The number of terminal acetylenes is 1. The topological polar surface area (TPSA) is 29.5 Å². The van der Waals surface area contributed by atoms with Crippen molar-refractivity contribution in [2.75, 3.05) is 13.2 Å². The predicted octanol–water partition coefficient (Wildman–Crippen LogP) is 0.850. The van der Waals surface area contributed by atoms with Gasteiger partial charge in [0.15, 0.2) is 0 Å². The van der Waals surface area contributed by atoms with Gasteiger partial charge in [-0.25, -0.2) is 4.79 Å². The molecule has 1 heterocycles. The molecule has 1 rings (SSSR count). The smallest absolute Gasteiger partial charge is 0.410 e. The van der Waals surface area contributed by atoms with Crippen LogP contribution in [-0.2, 0) is 4.74 Å². The molecule has 0 aromatic heterocycles. The van der Waals surface area contributed by atoms with Crippen molar-refractivity contribution < 1.29 is 9.53 Å². The highest BCUT2D eigenvalue weighted by atomic mass is 16.6. The maximum atomic E-state index is 10.9. The average molecular weight is 153 g/mol. The van der Waals surface area contributed by atoms with Crippen molar-refractivity contribution in [3.8, 4) is 12.3 Å². The van der Waals surface area contributed by atoms with Gasteiger partial charge in [-0.3, -0.25) is 0 Å². The van der Waals surface area contributed by atoms with Gasteiger partial charge in [0, 0.05) is 12.5 Å². The summed E-state index contributed by atoms with van der Waals surface area (Å²) in [7, 11) is 0. The molecule has 0 bridgehead atoms. The molecule has 1 fully saturated rings. The molecule has 1 atom stereocenters. The third-order valence-electron chi connectivity index (χ3n) is 1.74. The summed E-state index contributed by atoms with van der Waals surface area (Å²) in [5, 5.41) is 0. The van der Waals surface area contributed by atoms with Gasteiger partial charge in [-0.2, -0.15) is 0 Å². The molecule has 0 aromatic rings. The summed E-state index contributed by atoms with van der Waals surface area (Å²) in [5.74, 6) is 2.52. The van der Waals surface area contributed by atoms with E-state index in [-0.39, 0.29) is 12.1 Å². The molecule has 1 aliphatic heterocycles. The van der Waals surface area contributed by atoms with Crippen LogP contribution in [0.2, 0.25) is 0 Å². The summed E-state index contributed by atoms with van der Waals surface area (Å²) in [5.41, 5.74) is 0. The molecule has 3 nitrogen and oxygen atoms in total. The number of hydrogen-bond donors (Lipinski definition) is 0. The van der Waals surface area contributed by atoms with Crippen LogP contribution in [-0.4, -0.2) is 30.2 Å². The van der Waals surface area contributed by atoms with Crippen LogP contribution in [0.5, 0.6) is 0 Å². The molecule has 60 valence electrons. The highest BCUT2D eigenvalue weighted by Crippen LogP contribution is 2.10. The van der Waals surface area contributed by atoms with Crippen LogP contribution in [0, 0.1) is 12.3 Å². The Kier molecular flexibility index (Phi) is 2.37. The highest BCUT2D eigenvalue weighted by Gasteiger charge is 2.25. The minimum absolute atomic E-state index is 0.106. The molecule has 1 aliphatic rings. The van der Waals surface area contributed by atoms with Crippen molar-refractivity contribution in [3.05, 3.63) is 0 Å². The maximum absolute atomic E-state index is 10.9. The van der Waals surface area contributed by atoms with Crippen molar-refractivity contribution in [1.82, 2.24) is 4.90 Å². The number of amides is 1. The fourth-order valence-corrected chi connectivity index (χ4v) is 1.09. The lowest BCUT2D eigenvalue weighted by atomic mass is 10.2. The van der Waals surface area contributed by atoms with Crippen LogP contribution in [0.3, 0.4) is 0 Å². The summed E-state index contributed by atoms with van der Waals surface area (Å²) < 4.78 is 4.75. The van der Waals surface area contributed by atoms with E-state index in [1.807, 2.05) is 6.92 Å². The number of hydrogen-bond acceptors (Lipinski definition) is 2. The third kappa shape index (κ3) is 1.64. The number of ether oxygens (including phenoxy) is 1. The molecule has 0 aliphatic carbocycles. The molecule has 0 spiro atoms. The Morgan fingerprint density at radius 3 is 3.09 bits per heavy atom. The predicted molar refractivity (Wildman–Crippen MR) is 41.0 cm³/mol. The second kappa shape index (κ2) is 3.29. The molecule has 11 heavy (non-hydrogen) atoms. The summed E-state index contributed by atoms with van der Waals surface area (Å²) in [6, 6.07) is 0.106. The first-order valence-corrected chi connectivity index (χ1v) is 3.62. The van der Waals surface area contributed by atoms with Gasteiger partial charge in [0.25, 0.3) is 0 Å². The van der Waals surface area contributed by atoms with Crippen LogP contribution in [0.15, 0.2) is 0 Å². The van der Waals surface area contributed by atoms with Gasteiger partial charge in [-0.1, -0.05) is 0 Å². The second-order valence-corrected chi connectivity index (χ2v) is 2.57. The fourth-order valence-electron chi connectivity index (χ4n) is 1.09. The molecular formula is C8H11NO2. The lowest BCUT2D eigenvalue weighted by Gasteiger charge is -2.18. The van der Waals surface area contributed by atoms with E-state index in [1.54, 1.807) is 4.90 Å². The van der Waals surface area contributed by atoms with Gasteiger partial charge < -0.3 is 9.64 Å². The molecule has 0 saturated carbocycles. The van der Waals surface area contributed by atoms with Crippen LogP contribution in [0.4, 0.5) is 4.79 Å². The van der Waals surface area contributed by atoms with E-state index < -0.39 is 0 Å². The Morgan fingerprint density at radius 1 is 1.91 bits per heavy atom. The summed E-state index contributed by atoms with van der Waals surface area (Å²) in [6.45, 7) is 3.09. The van der Waals surface area contributed by atoms with Crippen molar-refractivity contribution in [1.29, 1.82) is 0 Å². The maximum Gasteiger partial charge on any atom is 0.410 e. The Morgan fingerprint density at radius 2 is 2.64 bits per heavy atom. The van der Waals surface area contributed by atoms with Gasteiger partial charge >= 0.3 is 6.09 Å². The van der Waals surface area contributed by atoms with E-state index >= 15 is 0 Å². The Labute approximate surface area is 66.3 Å². The quantitative estimate of drug-likeness (QED) is 0.550. The number of carbonyl (C=O) groups excluding carboxylic acids is 1. The second-order valence-electron chi connectivity index (χ2n) is 2.57. The Bertz CT molecular complexity index is 195. The van der Waals surface area contributed by atoms with Gasteiger partial charge in [-0.05, 0) is 6.92 Å². The van der Waals surface area contributed by atoms with Gasteiger partial charge in [-0.15, -0.1) is 12.3 Å². The van der Waals surface area contributed by atoms with Crippen LogP contribution < -0.4 is 0 Å². The lowest BCUT2D eigenvalue weighted by Crippen LogP contribution is -2.33. The number of carbonyl (C=O) groups is 1. The van der Waals surface area contributed by atoms with Crippen LogP contribution >= 0.6 is 0 Å². The monoisotopic (exact) mass is 153 g/mol. The molecule has 0 radical (unpaired) electrons. The Hall–Kier alpha value is -1.17. The van der Waals surface area contributed by atoms with Crippen molar-refractivity contribution in [3.63, 3.8) is 0 Å². The van der Waals surface area contributed by atoms with E-state index in [4.69, 9.17) is 11.2 Å². The first kappa shape index (κ1) is 7.93. The summed E-state index contributed by atoms with van der Waals surface area (Å²) in [6.07, 6.45) is 5.46. The molecule has 1 amide bonds. The van der Waals surface area contributed by atoms with Gasteiger partial charge in [0.05, 0.1) is 6.54 Å². The zero-order chi connectivity index (χ0) is 8.27. The van der Waals surface area contributed by atoms with E-state index in [2.05, 4.69) is 5.92 Å². The lowest BCUT2D eigenvalue weighted by molar-refractivity contribution is 0.150. The number of rotatable bonds is 2. The van der Waals surface area contributed by atoms with E-state index in [0.717, 1.165) is 0 Å². The molecule has 1 saturated heterocycles.